The highest BCUT2D eigenvalue weighted by atomic mass is 19.1. The molecule has 0 radical (unpaired) electrons. The Balaban J connectivity index is 1.69. The highest BCUT2D eigenvalue weighted by Crippen LogP contribution is 2.31. The maximum Gasteiger partial charge on any atom is 0.254 e. The monoisotopic (exact) mass is 504 g/mol. The number of amides is 2. The number of hydrogen-bond donors (Lipinski definition) is 1. The van der Waals surface area contributed by atoms with Gasteiger partial charge in [-0.05, 0) is 53.9 Å². The zero-order valence-electron chi connectivity index (χ0n) is 21.4. The standard InChI is InChI=1S/C30H33FN2O4/c1-20-16-33(21(2)18-34)30(36)27-11-7-6-10-26(27)25-9-5-4-8-23(25)19-37-28(20)17-32(3)29(35)22-12-14-24(31)15-13-22/h4-15,20-21,28,34H,16-19H2,1-3H3/t20-,21-,28-/m0/s1. The average Bonchev–Trinajstić information content (AvgIpc) is 2.94. The number of carbonyl (C=O) groups excluding carboxylic acids is 2. The summed E-state index contributed by atoms with van der Waals surface area (Å²) < 4.78 is 19.8. The van der Waals surface area contributed by atoms with Gasteiger partial charge in [-0.1, -0.05) is 49.4 Å². The number of hydrogen-bond acceptors (Lipinski definition) is 4. The normalized spacial score (nSPS) is 18.8. The van der Waals surface area contributed by atoms with E-state index in [4.69, 9.17) is 4.74 Å². The predicted octanol–water partition coefficient (Wildman–Crippen LogP) is 4.62. The van der Waals surface area contributed by atoms with Crippen LogP contribution in [0.15, 0.2) is 72.8 Å². The van der Waals surface area contributed by atoms with Gasteiger partial charge in [0.25, 0.3) is 11.8 Å². The highest BCUT2D eigenvalue weighted by molar-refractivity contribution is 6.01. The summed E-state index contributed by atoms with van der Waals surface area (Å²) in [5, 5.41) is 9.97. The number of likely N-dealkylation sites (N-methyl/N-ethyl adjacent to an activating group) is 1. The highest BCUT2D eigenvalue weighted by Gasteiger charge is 2.31. The van der Waals surface area contributed by atoms with Crippen molar-refractivity contribution in [2.75, 3.05) is 26.7 Å². The van der Waals surface area contributed by atoms with Crippen LogP contribution in [0.25, 0.3) is 11.1 Å². The molecule has 0 aromatic heterocycles. The first-order chi connectivity index (χ1) is 17.8. The van der Waals surface area contributed by atoms with Crippen molar-refractivity contribution in [3.8, 4) is 11.1 Å². The molecule has 3 aromatic rings. The Morgan fingerprint density at radius 2 is 1.68 bits per heavy atom. The smallest absolute Gasteiger partial charge is 0.254 e. The molecule has 0 aliphatic carbocycles. The van der Waals surface area contributed by atoms with Crippen LogP contribution in [0.1, 0.15) is 40.1 Å². The number of nitrogens with zero attached hydrogens (tertiary/aromatic N) is 2. The topological polar surface area (TPSA) is 70.1 Å². The molecule has 0 bridgehead atoms. The van der Waals surface area contributed by atoms with E-state index in [1.54, 1.807) is 16.8 Å². The molecule has 6 nitrogen and oxygen atoms in total. The van der Waals surface area contributed by atoms with E-state index in [-0.39, 0.29) is 30.9 Å². The van der Waals surface area contributed by atoms with Crippen molar-refractivity contribution in [1.29, 1.82) is 0 Å². The molecular formula is C30H33FN2O4. The zero-order valence-corrected chi connectivity index (χ0v) is 21.4. The number of benzene rings is 3. The lowest BCUT2D eigenvalue weighted by Gasteiger charge is -2.35. The summed E-state index contributed by atoms with van der Waals surface area (Å²) in [6.07, 6.45) is -0.398. The number of rotatable bonds is 5. The molecule has 0 saturated heterocycles. The van der Waals surface area contributed by atoms with E-state index in [9.17, 15) is 19.1 Å². The molecule has 194 valence electrons. The van der Waals surface area contributed by atoms with Gasteiger partial charge in [0.15, 0.2) is 0 Å². The molecule has 1 N–H and O–H groups in total. The summed E-state index contributed by atoms with van der Waals surface area (Å²) in [5.74, 6) is -0.953. The minimum absolute atomic E-state index is 0.154. The van der Waals surface area contributed by atoms with Gasteiger partial charge < -0.3 is 19.6 Å². The van der Waals surface area contributed by atoms with Gasteiger partial charge in [-0.2, -0.15) is 0 Å². The molecule has 3 aromatic carbocycles. The van der Waals surface area contributed by atoms with Crippen molar-refractivity contribution in [2.45, 2.75) is 32.6 Å². The number of ether oxygens (including phenoxy) is 1. The van der Waals surface area contributed by atoms with E-state index >= 15 is 0 Å². The molecule has 0 unspecified atom stereocenters. The van der Waals surface area contributed by atoms with Crippen LogP contribution in [0, 0.1) is 11.7 Å². The van der Waals surface area contributed by atoms with E-state index in [1.165, 1.54) is 24.3 Å². The fraction of sp³-hybridized carbons (Fsp3) is 0.333. The van der Waals surface area contributed by atoms with Gasteiger partial charge in [0, 0.05) is 37.2 Å². The van der Waals surface area contributed by atoms with Crippen LogP contribution in [0.4, 0.5) is 4.39 Å². The molecule has 1 heterocycles. The molecule has 3 atom stereocenters. The van der Waals surface area contributed by atoms with Crippen molar-refractivity contribution in [2.24, 2.45) is 5.92 Å². The number of aliphatic hydroxyl groups excluding tert-OH is 1. The van der Waals surface area contributed by atoms with Gasteiger partial charge in [0.1, 0.15) is 5.82 Å². The lowest BCUT2D eigenvalue weighted by Crippen LogP contribution is -2.47. The van der Waals surface area contributed by atoms with Gasteiger partial charge in [0.2, 0.25) is 0 Å². The predicted molar refractivity (Wildman–Crippen MR) is 141 cm³/mol. The first-order valence-corrected chi connectivity index (χ1v) is 12.5. The third-order valence-corrected chi connectivity index (χ3v) is 6.99. The Hall–Kier alpha value is -3.55. The number of fused-ring (bicyclic) bond motifs is 3. The number of aliphatic hydroxyl groups is 1. The minimum Gasteiger partial charge on any atom is -0.394 e. The molecule has 1 aliphatic heterocycles. The minimum atomic E-state index is -0.404. The van der Waals surface area contributed by atoms with E-state index in [2.05, 4.69) is 0 Å². The molecule has 1 aliphatic rings. The molecule has 0 fully saturated rings. The maximum atomic E-state index is 13.9. The largest absolute Gasteiger partial charge is 0.394 e. The van der Waals surface area contributed by atoms with E-state index in [0.717, 1.165) is 16.7 Å². The average molecular weight is 505 g/mol. The molecule has 0 saturated carbocycles. The summed E-state index contributed by atoms with van der Waals surface area (Å²) in [6, 6.07) is 20.4. The molecule has 2 amide bonds. The Morgan fingerprint density at radius 3 is 2.35 bits per heavy atom. The van der Waals surface area contributed by atoms with Crippen LogP contribution < -0.4 is 0 Å². The van der Waals surface area contributed by atoms with Crippen LogP contribution in [-0.4, -0.2) is 65.6 Å². The number of halogens is 1. The lowest BCUT2D eigenvalue weighted by molar-refractivity contribution is -0.0209. The SMILES string of the molecule is C[C@H]1CN([C@@H](C)CO)C(=O)c2ccccc2-c2ccccc2CO[C@H]1CN(C)C(=O)c1ccc(F)cc1. The molecule has 4 rings (SSSR count). The van der Waals surface area contributed by atoms with Gasteiger partial charge >= 0.3 is 0 Å². The maximum absolute atomic E-state index is 13.9. The van der Waals surface area contributed by atoms with Crippen molar-refractivity contribution in [1.82, 2.24) is 9.80 Å². The molecule has 37 heavy (non-hydrogen) atoms. The van der Waals surface area contributed by atoms with Gasteiger partial charge in [-0.15, -0.1) is 0 Å². The van der Waals surface area contributed by atoms with E-state index in [0.29, 0.717) is 24.3 Å². The van der Waals surface area contributed by atoms with Crippen LogP contribution in [0.2, 0.25) is 0 Å². The second-order valence-electron chi connectivity index (χ2n) is 9.71. The van der Waals surface area contributed by atoms with Crippen LogP contribution in [-0.2, 0) is 11.3 Å². The third-order valence-electron chi connectivity index (χ3n) is 6.99. The molecular weight excluding hydrogens is 471 g/mol. The second kappa shape index (κ2) is 11.7. The Bertz CT molecular complexity index is 1250. The van der Waals surface area contributed by atoms with Crippen molar-refractivity contribution in [3.63, 3.8) is 0 Å². The van der Waals surface area contributed by atoms with Gasteiger partial charge in [-0.25, -0.2) is 4.39 Å². The summed E-state index contributed by atoms with van der Waals surface area (Å²) in [4.78, 5) is 30.1. The molecule has 0 spiro atoms. The molecule has 7 heteroatoms. The first kappa shape index (κ1) is 26.5. The van der Waals surface area contributed by atoms with Gasteiger partial charge in [0.05, 0.1) is 25.4 Å². The fourth-order valence-corrected chi connectivity index (χ4v) is 4.72. The second-order valence-corrected chi connectivity index (χ2v) is 9.71. The first-order valence-electron chi connectivity index (χ1n) is 12.5. The van der Waals surface area contributed by atoms with E-state index in [1.807, 2.05) is 62.4 Å². The quantitative estimate of drug-likeness (QED) is 0.551. The Morgan fingerprint density at radius 1 is 1.05 bits per heavy atom. The van der Waals surface area contributed by atoms with Gasteiger partial charge in [-0.3, -0.25) is 9.59 Å². The zero-order chi connectivity index (χ0) is 26.5. The van der Waals surface area contributed by atoms with Crippen molar-refractivity contribution >= 4 is 11.8 Å². The van der Waals surface area contributed by atoms with Crippen LogP contribution in [0.5, 0.6) is 0 Å². The van der Waals surface area contributed by atoms with Crippen molar-refractivity contribution in [3.05, 3.63) is 95.3 Å². The lowest BCUT2D eigenvalue weighted by atomic mass is 9.94. The van der Waals surface area contributed by atoms with E-state index < -0.39 is 18.0 Å². The van der Waals surface area contributed by atoms with Crippen molar-refractivity contribution < 1.29 is 23.8 Å². The Labute approximate surface area is 217 Å². The Kier molecular flexibility index (Phi) is 8.36. The van der Waals surface area contributed by atoms with Crippen LogP contribution in [0.3, 0.4) is 0 Å². The summed E-state index contributed by atoms with van der Waals surface area (Å²) in [6.45, 7) is 4.56. The third kappa shape index (κ3) is 5.89. The summed E-state index contributed by atoms with van der Waals surface area (Å²) in [7, 11) is 1.69. The number of carbonyl (C=O) groups is 2. The van der Waals surface area contributed by atoms with Crippen LogP contribution >= 0.6 is 0 Å². The summed E-state index contributed by atoms with van der Waals surface area (Å²) >= 11 is 0. The fourth-order valence-electron chi connectivity index (χ4n) is 4.72. The summed E-state index contributed by atoms with van der Waals surface area (Å²) in [5.41, 5.74) is 3.63.